The van der Waals surface area contributed by atoms with Gasteiger partial charge in [0.25, 0.3) is 5.91 Å². The normalized spacial score (nSPS) is 26.6. The molecule has 1 aromatic carbocycles. The monoisotopic (exact) mass is 345 g/mol. The third-order valence-electron chi connectivity index (χ3n) is 5.58. The van der Waals surface area contributed by atoms with E-state index in [1.807, 2.05) is 4.90 Å². The molecule has 1 amide bonds. The molecule has 6 nitrogen and oxygen atoms in total. The maximum Gasteiger partial charge on any atom is 0.254 e. The van der Waals surface area contributed by atoms with Crippen LogP contribution in [0, 0.1) is 5.92 Å². The average Bonchev–Trinajstić information content (AvgIpc) is 3.32. The summed E-state index contributed by atoms with van der Waals surface area (Å²) in [6, 6.07) is 5.35. The lowest BCUT2D eigenvalue weighted by atomic mass is 9.84. The first-order chi connectivity index (χ1) is 12.2. The number of hydrogen-bond donors (Lipinski definition) is 0. The minimum Gasteiger partial charge on any atom is -0.454 e. The fourth-order valence-corrected chi connectivity index (χ4v) is 3.91. The number of rotatable bonds is 4. The molecule has 25 heavy (non-hydrogen) atoms. The van der Waals surface area contributed by atoms with Crippen LogP contribution in [0.3, 0.4) is 0 Å². The molecule has 4 aliphatic rings. The van der Waals surface area contributed by atoms with E-state index >= 15 is 0 Å². The summed E-state index contributed by atoms with van der Waals surface area (Å²) in [6.07, 6.45) is 4.75. The second kappa shape index (κ2) is 5.88. The maximum atomic E-state index is 12.7. The van der Waals surface area contributed by atoms with Gasteiger partial charge < -0.3 is 23.8 Å². The lowest BCUT2D eigenvalue weighted by molar-refractivity contribution is -0.186. The van der Waals surface area contributed by atoms with Crippen molar-refractivity contribution in [1.82, 2.24) is 4.90 Å². The van der Waals surface area contributed by atoms with Gasteiger partial charge in [-0.15, -0.1) is 0 Å². The summed E-state index contributed by atoms with van der Waals surface area (Å²) in [5.41, 5.74) is 0.426. The van der Waals surface area contributed by atoms with Crippen molar-refractivity contribution < 1.29 is 23.7 Å². The van der Waals surface area contributed by atoms with E-state index in [0.717, 1.165) is 32.0 Å². The van der Waals surface area contributed by atoms with Gasteiger partial charge in [0.15, 0.2) is 11.5 Å². The van der Waals surface area contributed by atoms with Gasteiger partial charge in [0.2, 0.25) is 6.79 Å². The Morgan fingerprint density at radius 3 is 2.88 bits per heavy atom. The third kappa shape index (κ3) is 2.98. The number of benzene rings is 1. The van der Waals surface area contributed by atoms with Crippen LogP contribution < -0.4 is 9.47 Å². The predicted octanol–water partition coefficient (Wildman–Crippen LogP) is 2.22. The Morgan fingerprint density at radius 2 is 2.04 bits per heavy atom. The molecule has 0 bridgehead atoms. The van der Waals surface area contributed by atoms with Crippen LogP contribution in [0.5, 0.6) is 11.5 Å². The summed E-state index contributed by atoms with van der Waals surface area (Å²) >= 11 is 0. The highest BCUT2D eigenvalue weighted by Gasteiger charge is 2.50. The second-order valence-corrected chi connectivity index (χ2v) is 7.65. The minimum atomic E-state index is -0.210. The van der Waals surface area contributed by atoms with Crippen molar-refractivity contribution in [2.24, 2.45) is 5.92 Å². The fraction of sp³-hybridized carbons (Fsp3) is 0.632. The number of carbonyl (C=O) groups excluding carboxylic acids is 1. The Morgan fingerprint density at radius 1 is 1.20 bits per heavy atom. The van der Waals surface area contributed by atoms with Gasteiger partial charge in [0.1, 0.15) is 5.60 Å². The second-order valence-electron chi connectivity index (χ2n) is 7.65. The number of nitrogens with zero attached hydrogens (tertiary/aromatic N) is 1. The fourth-order valence-electron chi connectivity index (χ4n) is 3.91. The number of amides is 1. The Bertz CT molecular complexity index is 680. The summed E-state index contributed by atoms with van der Waals surface area (Å²) in [5.74, 6) is 2.14. The first-order valence-electron chi connectivity index (χ1n) is 9.15. The van der Waals surface area contributed by atoms with E-state index in [4.69, 9.17) is 18.9 Å². The highest BCUT2D eigenvalue weighted by Crippen LogP contribution is 2.38. The largest absolute Gasteiger partial charge is 0.454 e. The predicted molar refractivity (Wildman–Crippen MR) is 88.8 cm³/mol. The van der Waals surface area contributed by atoms with Gasteiger partial charge in [-0.3, -0.25) is 4.79 Å². The van der Waals surface area contributed by atoms with Gasteiger partial charge in [-0.05, 0) is 43.4 Å². The molecule has 3 heterocycles. The molecule has 134 valence electrons. The summed E-state index contributed by atoms with van der Waals surface area (Å²) in [7, 11) is 0. The topological polar surface area (TPSA) is 57.2 Å². The van der Waals surface area contributed by atoms with Crippen molar-refractivity contribution in [2.75, 3.05) is 33.1 Å². The van der Waals surface area contributed by atoms with Crippen molar-refractivity contribution in [3.8, 4) is 11.5 Å². The molecular weight excluding hydrogens is 322 g/mol. The number of fused-ring (bicyclic) bond motifs is 1. The number of hydrogen-bond acceptors (Lipinski definition) is 5. The lowest BCUT2D eigenvalue weighted by Gasteiger charge is -2.53. The molecule has 1 aromatic rings. The summed E-state index contributed by atoms with van der Waals surface area (Å²) in [4.78, 5) is 14.5. The number of ether oxygens (including phenoxy) is 4. The lowest BCUT2D eigenvalue weighted by Crippen LogP contribution is -2.67. The van der Waals surface area contributed by atoms with Gasteiger partial charge in [-0.2, -0.15) is 0 Å². The molecule has 1 aliphatic carbocycles. The van der Waals surface area contributed by atoms with E-state index in [1.54, 1.807) is 18.2 Å². The van der Waals surface area contributed by atoms with Crippen LogP contribution in [0.25, 0.3) is 0 Å². The molecule has 0 N–H and O–H groups in total. The highest BCUT2D eigenvalue weighted by molar-refractivity contribution is 5.95. The average molecular weight is 345 g/mol. The summed E-state index contributed by atoms with van der Waals surface area (Å²) in [6.45, 7) is 3.12. The first-order valence-corrected chi connectivity index (χ1v) is 9.15. The van der Waals surface area contributed by atoms with E-state index in [1.165, 1.54) is 12.8 Å². The van der Waals surface area contributed by atoms with Crippen molar-refractivity contribution in [3.63, 3.8) is 0 Å². The van der Waals surface area contributed by atoms with Crippen LogP contribution >= 0.6 is 0 Å². The Balaban J connectivity index is 1.19. The van der Waals surface area contributed by atoms with Crippen LogP contribution in [0.15, 0.2) is 18.2 Å². The van der Waals surface area contributed by atoms with E-state index < -0.39 is 0 Å². The van der Waals surface area contributed by atoms with Gasteiger partial charge >= 0.3 is 0 Å². The van der Waals surface area contributed by atoms with Crippen molar-refractivity contribution in [3.05, 3.63) is 23.8 Å². The van der Waals surface area contributed by atoms with E-state index in [2.05, 4.69) is 0 Å². The van der Waals surface area contributed by atoms with Gasteiger partial charge in [-0.25, -0.2) is 0 Å². The zero-order chi connectivity index (χ0) is 16.9. The zero-order valence-electron chi connectivity index (χ0n) is 14.2. The van der Waals surface area contributed by atoms with E-state index in [0.29, 0.717) is 30.2 Å². The maximum absolute atomic E-state index is 12.7. The Labute approximate surface area is 147 Å². The third-order valence-corrected chi connectivity index (χ3v) is 5.58. The van der Waals surface area contributed by atoms with Crippen LogP contribution in [-0.4, -0.2) is 55.6 Å². The smallest absolute Gasteiger partial charge is 0.254 e. The molecule has 1 atom stereocenters. The Kier molecular flexibility index (Phi) is 3.64. The molecule has 1 saturated carbocycles. The molecule has 0 radical (unpaired) electrons. The molecule has 3 fully saturated rings. The summed E-state index contributed by atoms with van der Waals surface area (Å²) < 4.78 is 22.7. The van der Waals surface area contributed by atoms with Crippen molar-refractivity contribution >= 4 is 5.91 Å². The van der Waals surface area contributed by atoms with Crippen LogP contribution in [0.4, 0.5) is 0 Å². The molecule has 2 saturated heterocycles. The highest BCUT2D eigenvalue weighted by atomic mass is 16.7. The molecule has 3 aliphatic heterocycles. The molecule has 5 rings (SSSR count). The molecular formula is C19H23NO5. The molecule has 1 spiro atoms. The van der Waals surface area contributed by atoms with Gasteiger partial charge in [-0.1, -0.05) is 0 Å². The Hall–Kier alpha value is -1.79. The minimum absolute atomic E-state index is 0.0218. The van der Waals surface area contributed by atoms with Crippen LogP contribution in [0.1, 0.15) is 36.0 Å². The molecule has 0 aromatic heterocycles. The SMILES string of the molecule is O=C(c1ccc2c(c1)OCO2)N1CC2(C[C@@H](OCC3CC3)CCO2)C1. The standard InChI is InChI=1S/C19H23NO5/c21-18(14-3-4-16-17(7-14)24-12-23-16)20-10-19(11-20)8-15(5-6-25-19)22-9-13-1-2-13/h3-4,7,13,15H,1-2,5-6,8-12H2/t15-/m0/s1. The van der Waals surface area contributed by atoms with Crippen molar-refractivity contribution in [2.45, 2.75) is 37.4 Å². The van der Waals surface area contributed by atoms with Crippen LogP contribution in [-0.2, 0) is 9.47 Å². The summed E-state index contributed by atoms with van der Waals surface area (Å²) in [5, 5.41) is 0. The van der Waals surface area contributed by atoms with E-state index in [-0.39, 0.29) is 24.4 Å². The van der Waals surface area contributed by atoms with Crippen LogP contribution in [0.2, 0.25) is 0 Å². The quantitative estimate of drug-likeness (QED) is 0.837. The van der Waals surface area contributed by atoms with Crippen molar-refractivity contribution in [1.29, 1.82) is 0 Å². The molecule has 6 heteroatoms. The van der Waals surface area contributed by atoms with E-state index in [9.17, 15) is 4.79 Å². The molecule has 0 unspecified atom stereocenters. The van der Waals surface area contributed by atoms with Gasteiger partial charge in [0, 0.05) is 25.2 Å². The zero-order valence-corrected chi connectivity index (χ0v) is 14.2. The number of likely N-dealkylation sites (tertiary alicyclic amines) is 1. The first kappa shape index (κ1) is 15.5. The number of carbonyl (C=O) groups is 1. The van der Waals surface area contributed by atoms with Gasteiger partial charge in [0.05, 0.1) is 19.2 Å².